The van der Waals surface area contributed by atoms with Gasteiger partial charge in [-0.3, -0.25) is 43.2 Å². The van der Waals surface area contributed by atoms with Gasteiger partial charge in [-0.25, -0.2) is 8.78 Å². The number of amides is 7. The van der Waals surface area contributed by atoms with Gasteiger partial charge in [-0.2, -0.15) is 0 Å². The van der Waals surface area contributed by atoms with Gasteiger partial charge >= 0.3 is 11.8 Å². The fraction of sp³-hybridized carbons (Fsp3) is 0.571. The van der Waals surface area contributed by atoms with Crippen molar-refractivity contribution in [3.63, 3.8) is 0 Å². The van der Waals surface area contributed by atoms with Crippen LogP contribution in [-0.2, 0) is 49.6 Å². The van der Waals surface area contributed by atoms with E-state index >= 15 is 0 Å². The molecule has 2 heterocycles. The van der Waals surface area contributed by atoms with Gasteiger partial charge < -0.3 is 47.0 Å². The number of aliphatic hydroxyl groups is 2. The van der Waals surface area contributed by atoms with E-state index in [4.69, 9.17) is 10.2 Å². The van der Waals surface area contributed by atoms with Crippen LogP contribution in [0.25, 0.3) is 0 Å². The quantitative estimate of drug-likeness (QED) is 0.101. The van der Waals surface area contributed by atoms with Crippen molar-refractivity contribution in [2.75, 3.05) is 51.3 Å². The van der Waals surface area contributed by atoms with E-state index in [0.29, 0.717) is 17.9 Å². The molecule has 0 aromatic heterocycles. The molecular weight excluding hydrogens is 901 g/mol. The predicted octanol–water partition coefficient (Wildman–Crippen LogP) is 3.14. The number of nitrogens with zero attached hydrogens (tertiary/aromatic N) is 1. The predicted molar refractivity (Wildman–Crippen MR) is 255 cm³/mol. The zero-order chi connectivity index (χ0) is 52.1. The van der Waals surface area contributed by atoms with Crippen molar-refractivity contribution in [3.05, 3.63) is 65.5 Å². The van der Waals surface area contributed by atoms with Crippen LogP contribution in [0.1, 0.15) is 117 Å². The van der Waals surface area contributed by atoms with Gasteiger partial charge in [-0.15, -0.1) is 0 Å². The number of rotatable bonds is 18. The Morgan fingerprint density at radius 3 is 2.04 bits per heavy atom. The highest BCUT2D eigenvalue weighted by Crippen LogP contribution is 2.28. The number of para-hydroxylation sites is 1. The number of benzene rings is 2. The van der Waals surface area contributed by atoms with Crippen LogP contribution in [0.3, 0.4) is 0 Å². The van der Waals surface area contributed by atoms with Crippen molar-refractivity contribution in [1.29, 1.82) is 0 Å². The lowest BCUT2D eigenvalue weighted by atomic mass is 10.0. The molecule has 7 amide bonds. The van der Waals surface area contributed by atoms with Crippen molar-refractivity contribution >= 4 is 58.6 Å². The van der Waals surface area contributed by atoms with E-state index in [2.05, 4.69) is 31.9 Å². The number of alkyl halides is 1. The number of anilines is 1. The third kappa shape index (κ3) is 25.7. The summed E-state index contributed by atoms with van der Waals surface area (Å²) in [7, 11) is 0. The minimum atomic E-state index is -1.29. The van der Waals surface area contributed by atoms with Gasteiger partial charge in [0.1, 0.15) is 31.2 Å². The van der Waals surface area contributed by atoms with E-state index in [1.807, 2.05) is 20.8 Å². The van der Waals surface area contributed by atoms with Gasteiger partial charge in [0, 0.05) is 55.1 Å². The van der Waals surface area contributed by atoms with Crippen LogP contribution in [0.5, 0.6) is 0 Å². The van der Waals surface area contributed by atoms with Crippen LogP contribution in [0, 0.1) is 17.7 Å². The highest BCUT2D eigenvalue weighted by Gasteiger charge is 2.29. The van der Waals surface area contributed by atoms with Crippen LogP contribution in [0.15, 0.2) is 48.5 Å². The first kappa shape index (κ1) is 60.9. The summed E-state index contributed by atoms with van der Waals surface area (Å²) in [6.07, 6.45) is 5.16. The van der Waals surface area contributed by atoms with Crippen molar-refractivity contribution in [1.82, 2.24) is 31.5 Å². The van der Waals surface area contributed by atoms with Crippen LogP contribution in [0.4, 0.5) is 14.5 Å². The molecule has 4 rings (SSSR count). The number of nitrogens with one attached hydrogen (secondary N) is 6. The molecule has 2 aromatic carbocycles. The second-order valence-electron chi connectivity index (χ2n) is 17.9. The molecule has 0 spiro atoms. The Labute approximate surface area is 403 Å². The number of Topliss-reactive ketones (excluding diaryl/α,β-unsaturated/α-hetero) is 2. The first-order valence-corrected chi connectivity index (χ1v) is 23.3. The molecule has 2 aromatic rings. The Balaban J connectivity index is 0.000000530. The Hall–Kier alpha value is -6.15. The smallest absolute Gasteiger partial charge is 0.313 e. The molecule has 18 nitrogen and oxygen atoms in total. The van der Waals surface area contributed by atoms with Crippen molar-refractivity contribution in [2.24, 2.45) is 11.8 Å². The van der Waals surface area contributed by atoms with E-state index in [-0.39, 0.29) is 67.2 Å². The molecule has 0 radical (unpaired) electrons. The maximum Gasteiger partial charge on any atom is 0.313 e. The third-order valence-electron chi connectivity index (χ3n) is 10.4. The average Bonchev–Trinajstić information content (AvgIpc) is 3.31. The molecule has 3 atom stereocenters. The standard InChI is InChI=1S/C20H28FN3O5.C18H25FN2O4.C6H11NO.C5H9NO/c1-5-15(21)14-8-6-7-9-16(14)23-19(29)18(28)22-10-17(27)24(20(2,3)4)11-13(26)12-25;1-12(2)6-7-17(24)21-16(18(25)20-10-15(23)11-22)9-13-4-3-5-14(19)8-13;1-5-3-2-4-7-6(5)8;7-5-3-1-2-4-6-5/h6-9,15,25H,5,10-12H2,1-4H3,(H,22,28)(H,23,29);3-5,8,12,16,22H,6-7,9-11H2,1-2H3,(H,20,25)(H,21,24);5H,2-4H2,1H3,(H,7,8);1-4H2,(H,6,7)/t;16-;5-;/m.01./s1. The van der Waals surface area contributed by atoms with Gasteiger partial charge in [0.25, 0.3) is 0 Å². The van der Waals surface area contributed by atoms with Gasteiger partial charge in [0.05, 0.1) is 19.6 Å². The SMILES string of the molecule is CC(C)CCC(=O)N[C@@H](Cc1cccc(F)c1)C(=O)NCC(=O)CO.CCC(F)c1ccccc1NC(=O)C(=O)NCC(=O)N(CC(=O)CO)C(C)(C)C.C[C@@H]1CCCNC1=O.O=C1CCCCN1. The summed E-state index contributed by atoms with van der Waals surface area (Å²) < 4.78 is 27.3. The molecule has 2 aliphatic heterocycles. The first-order chi connectivity index (χ1) is 32.5. The van der Waals surface area contributed by atoms with Crippen molar-refractivity contribution in [2.45, 2.75) is 124 Å². The molecule has 1 unspecified atom stereocenters. The number of hydrogen-bond donors (Lipinski definition) is 8. The summed E-state index contributed by atoms with van der Waals surface area (Å²) >= 11 is 0. The third-order valence-corrected chi connectivity index (χ3v) is 10.4. The van der Waals surface area contributed by atoms with E-state index in [9.17, 15) is 51.9 Å². The lowest BCUT2D eigenvalue weighted by Crippen LogP contribution is -2.52. The number of carbonyl (C=O) groups excluding carboxylic acids is 9. The van der Waals surface area contributed by atoms with Crippen LogP contribution in [-0.4, -0.2) is 126 Å². The first-order valence-electron chi connectivity index (χ1n) is 23.3. The second kappa shape index (κ2) is 32.6. The molecule has 2 saturated heterocycles. The number of hydrogen-bond acceptors (Lipinski definition) is 11. The Bertz CT molecular complexity index is 2000. The van der Waals surface area contributed by atoms with Gasteiger partial charge in [0.2, 0.25) is 29.5 Å². The summed E-state index contributed by atoms with van der Waals surface area (Å²) in [6.45, 7) is 11.9. The summed E-state index contributed by atoms with van der Waals surface area (Å²) in [6, 6.07) is 11.1. The minimum Gasteiger partial charge on any atom is -0.389 e. The van der Waals surface area contributed by atoms with E-state index in [0.717, 1.165) is 45.2 Å². The molecule has 2 fully saturated rings. The summed E-state index contributed by atoms with van der Waals surface area (Å²) in [5.41, 5.74) is 0.258. The molecule has 2 aliphatic rings. The zero-order valence-corrected chi connectivity index (χ0v) is 41.0. The summed E-state index contributed by atoms with van der Waals surface area (Å²) in [5.74, 6) is -4.01. The number of halogens is 2. The fourth-order valence-corrected chi connectivity index (χ4v) is 6.35. The molecule has 0 aliphatic carbocycles. The van der Waals surface area contributed by atoms with Gasteiger partial charge in [-0.1, -0.05) is 58.0 Å². The highest BCUT2D eigenvalue weighted by atomic mass is 19.1. The monoisotopic (exact) mass is 974 g/mol. The number of piperidine rings is 2. The van der Waals surface area contributed by atoms with Gasteiger partial charge in [0.15, 0.2) is 11.6 Å². The molecule has 8 N–H and O–H groups in total. The molecule has 384 valence electrons. The van der Waals surface area contributed by atoms with Crippen molar-refractivity contribution in [3.8, 4) is 0 Å². The topological polar surface area (TPSA) is 270 Å². The van der Waals surface area contributed by atoms with Crippen molar-refractivity contribution < 1.29 is 62.1 Å². The average molecular weight is 974 g/mol. The zero-order valence-electron chi connectivity index (χ0n) is 41.0. The highest BCUT2D eigenvalue weighted by molar-refractivity contribution is 6.40. The molecule has 0 bridgehead atoms. The molecular formula is C49H73F2N7O11. The minimum absolute atomic E-state index is 0.102. The van der Waals surface area contributed by atoms with E-state index in [1.54, 1.807) is 45.9 Å². The lowest BCUT2D eigenvalue weighted by molar-refractivity contribution is -0.142. The Kier molecular flexibility index (Phi) is 28.7. The normalized spacial score (nSPS) is 15.0. The summed E-state index contributed by atoms with van der Waals surface area (Å²) in [4.78, 5) is 106. The molecule has 20 heteroatoms. The number of aliphatic hydroxyl groups excluding tert-OH is 2. The van der Waals surface area contributed by atoms with Crippen LogP contribution >= 0.6 is 0 Å². The van der Waals surface area contributed by atoms with E-state index < -0.39 is 78.5 Å². The summed E-state index contributed by atoms with van der Waals surface area (Å²) in [5, 5.41) is 32.7. The maximum absolute atomic E-state index is 14.0. The number of carbonyl (C=O) groups is 9. The van der Waals surface area contributed by atoms with Crippen LogP contribution in [0.2, 0.25) is 0 Å². The second-order valence-corrected chi connectivity index (χ2v) is 17.9. The van der Waals surface area contributed by atoms with E-state index in [1.165, 1.54) is 35.2 Å². The fourth-order valence-electron chi connectivity index (χ4n) is 6.35. The molecule has 69 heavy (non-hydrogen) atoms. The molecule has 0 saturated carbocycles. The lowest BCUT2D eigenvalue weighted by Gasteiger charge is -2.35. The Morgan fingerprint density at radius 1 is 0.855 bits per heavy atom. The van der Waals surface area contributed by atoms with Crippen LogP contribution < -0.4 is 31.9 Å². The Morgan fingerprint density at radius 2 is 1.52 bits per heavy atom. The maximum atomic E-state index is 14.0. The van der Waals surface area contributed by atoms with Gasteiger partial charge in [-0.05, 0) is 89.0 Å². The largest absolute Gasteiger partial charge is 0.389 e. The number of ketones is 2.